The first-order valence-corrected chi connectivity index (χ1v) is 8.30. The van der Waals surface area contributed by atoms with Crippen molar-refractivity contribution in [1.29, 1.82) is 0 Å². The number of hydrogen-bond acceptors (Lipinski definition) is 3. The topological polar surface area (TPSA) is 57.3 Å². The molecule has 0 aliphatic carbocycles. The van der Waals surface area contributed by atoms with E-state index in [1.807, 2.05) is 42.5 Å². The Morgan fingerprint density at radius 2 is 1.92 bits per heavy atom. The Balaban J connectivity index is 1.45. The summed E-state index contributed by atoms with van der Waals surface area (Å²) in [7, 11) is 0. The second-order valence-electron chi connectivity index (χ2n) is 6.06. The maximum atomic E-state index is 10.1. The van der Waals surface area contributed by atoms with Gasteiger partial charge < -0.3 is 20.1 Å². The molecule has 1 unspecified atom stereocenters. The van der Waals surface area contributed by atoms with E-state index in [9.17, 15) is 5.11 Å². The molecular formula is C20H24N2O2. The summed E-state index contributed by atoms with van der Waals surface area (Å²) in [6.07, 6.45) is -0.493. The van der Waals surface area contributed by atoms with Gasteiger partial charge in [-0.3, -0.25) is 0 Å². The van der Waals surface area contributed by atoms with E-state index in [0.29, 0.717) is 19.7 Å². The van der Waals surface area contributed by atoms with Gasteiger partial charge in [0.25, 0.3) is 0 Å². The van der Waals surface area contributed by atoms with Crippen LogP contribution < -0.4 is 10.1 Å². The Labute approximate surface area is 142 Å². The second kappa shape index (κ2) is 7.51. The fourth-order valence-electron chi connectivity index (χ4n) is 2.81. The minimum atomic E-state index is -0.493. The molecule has 126 valence electrons. The van der Waals surface area contributed by atoms with Gasteiger partial charge in [-0.25, -0.2) is 0 Å². The molecule has 3 aromatic rings. The van der Waals surface area contributed by atoms with Crippen molar-refractivity contribution in [3.63, 3.8) is 0 Å². The van der Waals surface area contributed by atoms with Crippen molar-refractivity contribution in [1.82, 2.24) is 10.3 Å². The van der Waals surface area contributed by atoms with E-state index in [-0.39, 0.29) is 0 Å². The maximum Gasteiger partial charge on any atom is 0.121 e. The molecule has 0 fully saturated rings. The van der Waals surface area contributed by atoms with Crippen LogP contribution >= 0.6 is 0 Å². The lowest BCUT2D eigenvalue weighted by molar-refractivity contribution is 0.172. The molecule has 3 N–H and O–H groups in total. The van der Waals surface area contributed by atoms with Gasteiger partial charge in [0.1, 0.15) is 12.4 Å². The summed E-state index contributed by atoms with van der Waals surface area (Å²) in [5.74, 6) is 0.856. The number of hydrogen-bond donors (Lipinski definition) is 3. The van der Waals surface area contributed by atoms with E-state index in [1.165, 1.54) is 16.6 Å². The van der Waals surface area contributed by atoms with Gasteiger partial charge in [0.15, 0.2) is 0 Å². The Hall–Kier alpha value is -2.30. The number of aryl methyl sites for hydroxylation is 2. The SMILES string of the molecule is Cc1[nH]c2cc(OCCNCC(O)c3ccccc3)ccc2c1C. The van der Waals surface area contributed by atoms with Gasteiger partial charge in [0, 0.05) is 35.8 Å². The van der Waals surface area contributed by atoms with E-state index in [4.69, 9.17) is 4.74 Å². The van der Waals surface area contributed by atoms with Crippen LogP contribution in [0.2, 0.25) is 0 Å². The lowest BCUT2D eigenvalue weighted by atomic mass is 10.1. The molecule has 0 saturated carbocycles. The molecule has 0 radical (unpaired) electrons. The zero-order valence-corrected chi connectivity index (χ0v) is 14.2. The smallest absolute Gasteiger partial charge is 0.121 e. The van der Waals surface area contributed by atoms with Gasteiger partial charge in [-0.1, -0.05) is 30.3 Å². The Morgan fingerprint density at radius 3 is 2.71 bits per heavy atom. The minimum absolute atomic E-state index is 0.493. The Kier molecular flexibility index (Phi) is 5.18. The molecule has 3 rings (SSSR count). The zero-order valence-electron chi connectivity index (χ0n) is 14.2. The van der Waals surface area contributed by atoms with Crippen LogP contribution in [0.25, 0.3) is 10.9 Å². The van der Waals surface area contributed by atoms with Gasteiger partial charge in [-0.05, 0) is 37.1 Å². The minimum Gasteiger partial charge on any atom is -0.492 e. The summed E-state index contributed by atoms with van der Waals surface area (Å²) in [5.41, 5.74) is 4.51. The van der Waals surface area contributed by atoms with E-state index in [1.54, 1.807) is 0 Å². The van der Waals surface area contributed by atoms with Crippen molar-refractivity contribution >= 4 is 10.9 Å². The number of rotatable bonds is 7. The normalized spacial score (nSPS) is 12.5. The molecule has 4 nitrogen and oxygen atoms in total. The van der Waals surface area contributed by atoms with Crippen LogP contribution in [0.3, 0.4) is 0 Å². The first kappa shape index (κ1) is 16.6. The molecule has 1 atom stereocenters. The predicted molar refractivity (Wildman–Crippen MR) is 97.5 cm³/mol. The summed E-state index contributed by atoms with van der Waals surface area (Å²) in [6.45, 7) is 5.96. The average Bonchev–Trinajstić information content (AvgIpc) is 2.89. The molecule has 2 aromatic carbocycles. The van der Waals surface area contributed by atoms with Gasteiger partial charge in [-0.15, -0.1) is 0 Å². The van der Waals surface area contributed by atoms with Crippen LogP contribution in [0.15, 0.2) is 48.5 Å². The number of H-pyrrole nitrogens is 1. The molecule has 0 aliphatic heterocycles. The largest absolute Gasteiger partial charge is 0.492 e. The summed E-state index contributed by atoms with van der Waals surface area (Å²) < 4.78 is 5.79. The molecular weight excluding hydrogens is 300 g/mol. The second-order valence-corrected chi connectivity index (χ2v) is 6.06. The fourth-order valence-corrected chi connectivity index (χ4v) is 2.81. The zero-order chi connectivity index (χ0) is 16.9. The molecule has 0 bridgehead atoms. The average molecular weight is 324 g/mol. The molecule has 1 heterocycles. The third-order valence-corrected chi connectivity index (χ3v) is 4.35. The van der Waals surface area contributed by atoms with Gasteiger partial charge in [-0.2, -0.15) is 0 Å². The highest BCUT2D eigenvalue weighted by molar-refractivity contribution is 5.85. The first-order chi connectivity index (χ1) is 11.6. The van der Waals surface area contributed by atoms with Crippen molar-refractivity contribution < 1.29 is 9.84 Å². The lowest BCUT2D eigenvalue weighted by Crippen LogP contribution is -2.26. The molecule has 0 spiro atoms. The van der Waals surface area contributed by atoms with Crippen LogP contribution in [0.4, 0.5) is 0 Å². The van der Waals surface area contributed by atoms with Crippen molar-refractivity contribution in [2.45, 2.75) is 20.0 Å². The van der Waals surface area contributed by atoms with Crippen LogP contribution in [0.5, 0.6) is 5.75 Å². The highest BCUT2D eigenvalue weighted by atomic mass is 16.5. The van der Waals surface area contributed by atoms with Crippen molar-refractivity contribution in [2.75, 3.05) is 19.7 Å². The van der Waals surface area contributed by atoms with E-state index in [2.05, 4.69) is 30.2 Å². The van der Waals surface area contributed by atoms with E-state index in [0.717, 1.165) is 16.8 Å². The van der Waals surface area contributed by atoms with Crippen molar-refractivity contribution in [3.8, 4) is 5.75 Å². The molecule has 0 saturated heterocycles. The maximum absolute atomic E-state index is 10.1. The lowest BCUT2D eigenvalue weighted by Gasteiger charge is -2.12. The van der Waals surface area contributed by atoms with E-state index < -0.39 is 6.10 Å². The number of aliphatic hydroxyl groups is 1. The highest BCUT2D eigenvalue weighted by Crippen LogP contribution is 2.25. The van der Waals surface area contributed by atoms with Crippen LogP contribution in [-0.4, -0.2) is 29.8 Å². The first-order valence-electron chi connectivity index (χ1n) is 8.30. The van der Waals surface area contributed by atoms with Gasteiger partial charge >= 0.3 is 0 Å². The summed E-state index contributed by atoms with van der Waals surface area (Å²) in [6, 6.07) is 15.8. The third-order valence-electron chi connectivity index (χ3n) is 4.35. The fraction of sp³-hybridized carbons (Fsp3) is 0.300. The molecule has 4 heteroatoms. The van der Waals surface area contributed by atoms with Gasteiger partial charge in [0.05, 0.1) is 6.10 Å². The molecule has 0 amide bonds. The number of aromatic amines is 1. The summed E-state index contributed by atoms with van der Waals surface area (Å²) in [5, 5.41) is 14.5. The molecule has 24 heavy (non-hydrogen) atoms. The molecule has 0 aliphatic rings. The molecule has 1 aromatic heterocycles. The number of nitrogens with one attached hydrogen (secondary N) is 2. The van der Waals surface area contributed by atoms with Crippen molar-refractivity contribution in [2.24, 2.45) is 0 Å². The van der Waals surface area contributed by atoms with E-state index >= 15 is 0 Å². The number of aliphatic hydroxyl groups excluding tert-OH is 1. The Morgan fingerprint density at radius 1 is 1.12 bits per heavy atom. The number of fused-ring (bicyclic) bond motifs is 1. The van der Waals surface area contributed by atoms with Crippen LogP contribution in [0, 0.1) is 13.8 Å². The highest BCUT2D eigenvalue weighted by Gasteiger charge is 2.07. The third kappa shape index (κ3) is 3.78. The summed E-state index contributed by atoms with van der Waals surface area (Å²) >= 11 is 0. The predicted octanol–water partition coefficient (Wildman–Crippen LogP) is 3.49. The number of aromatic nitrogens is 1. The quantitative estimate of drug-likeness (QED) is 0.583. The Bertz CT molecular complexity index is 796. The van der Waals surface area contributed by atoms with Crippen molar-refractivity contribution in [3.05, 3.63) is 65.4 Å². The standard InChI is InChI=1S/C20H24N2O2/c1-14-15(2)22-19-12-17(8-9-18(14)19)24-11-10-21-13-20(23)16-6-4-3-5-7-16/h3-9,12,20-23H,10-11,13H2,1-2H3. The van der Waals surface area contributed by atoms with Gasteiger partial charge in [0.2, 0.25) is 0 Å². The monoisotopic (exact) mass is 324 g/mol. The summed E-state index contributed by atoms with van der Waals surface area (Å²) in [4.78, 5) is 3.37. The number of ether oxygens (including phenoxy) is 1. The number of benzene rings is 2. The van der Waals surface area contributed by atoms with Crippen LogP contribution in [0.1, 0.15) is 22.9 Å². The van der Waals surface area contributed by atoms with Crippen LogP contribution in [-0.2, 0) is 0 Å².